The third-order valence-electron chi connectivity index (χ3n) is 5.11. The lowest BCUT2D eigenvalue weighted by molar-refractivity contribution is -0.116. The van der Waals surface area contributed by atoms with Crippen LogP contribution in [0.15, 0.2) is 72.9 Å². The van der Waals surface area contributed by atoms with Gasteiger partial charge in [-0.15, -0.1) is 0 Å². The maximum atomic E-state index is 12.5. The highest BCUT2D eigenvalue weighted by Gasteiger charge is 2.17. The number of hydrogen-bond acceptors (Lipinski definition) is 4. The van der Waals surface area contributed by atoms with E-state index in [0.29, 0.717) is 18.8 Å². The zero-order valence-electron chi connectivity index (χ0n) is 16.7. The quantitative estimate of drug-likeness (QED) is 0.422. The van der Waals surface area contributed by atoms with Gasteiger partial charge in [0.05, 0.1) is 12.1 Å². The number of pyridine rings is 1. The second-order valence-electron chi connectivity index (χ2n) is 7.17. The number of carboxylic acids is 1. The van der Waals surface area contributed by atoms with E-state index in [4.69, 9.17) is 5.11 Å². The fourth-order valence-electron chi connectivity index (χ4n) is 3.59. The van der Waals surface area contributed by atoms with Gasteiger partial charge in [0.25, 0.3) is 0 Å². The highest BCUT2D eigenvalue weighted by molar-refractivity contribution is 5.93. The van der Waals surface area contributed by atoms with E-state index in [9.17, 15) is 14.7 Å². The van der Waals surface area contributed by atoms with Gasteiger partial charge in [-0.25, -0.2) is 9.78 Å². The molecule has 0 saturated carbocycles. The lowest BCUT2D eigenvalue weighted by Crippen LogP contribution is -2.15. The highest BCUT2D eigenvalue weighted by Crippen LogP contribution is 2.33. The summed E-state index contributed by atoms with van der Waals surface area (Å²) >= 11 is 0. The molecule has 2 heterocycles. The Morgan fingerprint density at radius 2 is 1.65 bits per heavy atom. The van der Waals surface area contributed by atoms with Crippen molar-refractivity contribution in [1.29, 1.82) is 0 Å². The number of aromatic hydroxyl groups is 1. The molecule has 0 aliphatic carbocycles. The molecule has 7 heteroatoms. The minimum atomic E-state index is -1.07. The van der Waals surface area contributed by atoms with Gasteiger partial charge in [0.15, 0.2) is 5.88 Å². The Morgan fingerprint density at radius 3 is 2.32 bits per heavy atom. The molecule has 0 radical (unpaired) electrons. The number of aromatic nitrogens is 2. The number of fused-ring (bicyclic) bond motifs is 1. The molecule has 0 bridgehead atoms. The van der Waals surface area contributed by atoms with Crippen LogP contribution in [0.4, 0.5) is 5.82 Å². The van der Waals surface area contributed by atoms with Crippen LogP contribution in [0.25, 0.3) is 10.8 Å². The molecule has 0 fully saturated rings. The fourth-order valence-corrected chi connectivity index (χ4v) is 3.59. The van der Waals surface area contributed by atoms with Crippen molar-refractivity contribution in [3.8, 4) is 5.88 Å². The molecule has 0 atom stereocenters. The first-order chi connectivity index (χ1) is 15.0. The van der Waals surface area contributed by atoms with Gasteiger partial charge in [0.2, 0.25) is 5.91 Å². The molecule has 4 rings (SSSR count). The molecule has 0 aliphatic heterocycles. The molecule has 2 aromatic carbocycles. The van der Waals surface area contributed by atoms with Crippen molar-refractivity contribution in [2.45, 2.75) is 19.4 Å². The number of aryl methyl sites for hydroxylation is 1. The number of benzene rings is 2. The lowest BCUT2D eigenvalue weighted by atomic mass is 10.1. The van der Waals surface area contributed by atoms with Gasteiger partial charge in [-0.2, -0.15) is 0 Å². The van der Waals surface area contributed by atoms with E-state index >= 15 is 0 Å². The molecular weight excluding hydrogens is 394 g/mol. The number of nitrogens with one attached hydrogen (secondary N) is 1. The Bertz CT molecular complexity index is 1230. The van der Waals surface area contributed by atoms with Crippen LogP contribution in [0, 0.1) is 0 Å². The van der Waals surface area contributed by atoms with Crippen LogP contribution in [-0.4, -0.2) is 31.6 Å². The number of amides is 1. The molecule has 31 heavy (non-hydrogen) atoms. The lowest BCUT2D eigenvalue weighted by Gasteiger charge is -2.11. The Labute approximate surface area is 178 Å². The highest BCUT2D eigenvalue weighted by atomic mass is 16.4. The summed E-state index contributed by atoms with van der Waals surface area (Å²) in [7, 11) is 0. The normalized spacial score (nSPS) is 10.8. The zero-order valence-corrected chi connectivity index (χ0v) is 16.7. The molecule has 3 N–H and O–H groups in total. The predicted octanol–water partition coefficient (Wildman–Crippen LogP) is 4.06. The van der Waals surface area contributed by atoms with Crippen LogP contribution < -0.4 is 5.32 Å². The summed E-state index contributed by atoms with van der Waals surface area (Å²) in [6.07, 6.45) is 1.81. The van der Waals surface area contributed by atoms with E-state index in [-0.39, 0.29) is 23.8 Å². The second kappa shape index (κ2) is 8.71. The smallest absolute Gasteiger partial charge is 0.337 e. The maximum Gasteiger partial charge on any atom is 0.337 e. The van der Waals surface area contributed by atoms with Crippen LogP contribution in [0.5, 0.6) is 5.88 Å². The third-order valence-corrected chi connectivity index (χ3v) is 5.11. The number of anilines is 1. The Hall–Kier alpha value is -4.13. The number of rotatable bonds is 7. The fraction of sp³-hybridized carbons (Fsp3) is 0.125. The SMILES string of the molecule is O=C(CCc1c2ccccc2c(O)n1Cc1ccccc1)Nc1ccc(C(=O)O)cn1. The van der Waals surface area contributed by atoms with Crippen molar-refractivity contribution in [2.24, 2.45) is 0 Å². The number of carboxylic acid groups (broad SMARTS) is 1. The minimum absolute atomic E-state index is 0.0543. The minimum Gasteiger partial charge on any atom is -0.494 e. The van der Waals surface area contributed by atoms with Crippen molar-refractivity contribution >= 4 is 28.5 Å². The molecule has 156 valence electrons. The summed E-state index contributed by atoms with van der Waals surface area (Å²) in [4.78, 5) is 27.4. The van der Waals surface area contributed by atoms with Crippen LogP contribution in [-0.2, 0) is 17.8 Å². The maximum absolute atomic E-state index is 12.5. The van der Waals surface area contributed by atoms with Gasteiger partial charge >= 0.3 is 5.97 Å². The van der Waals surface area contributed by atoms with Gasteiger partial charge in [-0.1, -0.05) is 48.5 Å². The Kier molecular flexibility index (Phi) is 5.66. The van der Waals surface area contributed by atoms with Crippen molar-refractivity contribution < 1.29 is 19.8 Å². The topological polar surface area (TPSA) is 104 Å². The Balaban J connectivity index is 1.54. The predicted molar refractivity (Wildman–Crippen MR) is 117 cm³/mol. The molecule has 4 aromatic rings. The second-order valence-corrected chi connectivity index (χ2v) is 7.17. The van der Waals surface area contributed by atoms with Crippen LogP contribution in [0.1, 0.15) is 28.0 Å². The number of carbonyl (C=O) groups excluding carboxylic acids is 1. The summed E-state index contributed by atoms with van der Waals surface area (Å²) in [5.41, 5.74) is 1.98. The van der Waals surface area contributed by atoms with Gasteiger partial charge in [-0.05, 0) is 30.2 Å². The van der Waals surface area contributed by atoms with Crippen LogP contribution in [0.2, 0.25) is 0 Å². The van der Waals surface area contributed by atoms with Gasteiger partial charge in [0.1, 0.15) is 5.82 Å². The summed E-state index contributed by atoms with van der Waals surface area (Å²) in [6.45, 7) is 0.497. The van der Waals surface area contributed by atoms with E-state index in [1.54, 1.807) is 0 Å². The molecular formula is C24H21N3O4. The largest absolute Gasteiger partial charge is 0.494 e. The van der Waals surface area contributed by atoms with Crippen molar-refractivity contribution in [2.75, 3.05) is 5.32 Å². The van der Waals surface area contributed by atoms with Crippen molar-refractivity contribution in [1.82, 2.24) is 9.55 Å². The van der Waals surface area contributed by atoms with Gasteiger partial charge in [-0.3, -0.25) is 4.79 Å². The Morgan fingerprint density at radius 1 is 0.935 bits per heavy atom. The summed E-state index contributed by atoms with van der Waals surface area (Å²) < 4.78 is 1.84. The van der Waals surface area contributed by atoms with Crippen molar-refractivity contribution in [3.05, 3.63) is 89.7 Å². The number of aromatic carboxylic acids is 1. The first-order valence-corrected chi connectivity index (χ1v) is 9.85. The molecule has 0 spiro atoms. The van der Waals surface area contributed by atoms with Crippen LogP contribution in [0.3, 0.4) is 0 Å². The van der Waals surface area contributed by atoms with E-state index in [1.165, 1.54) is 18.3 Å². The number of hydrogen-bond donors (Lipinski definition) is 3. The summed E-state index contributed by atoms with van der Waals surface area (Å²) in [6, 6.07) is 20.3. The first-order valence-electron chi connectivity index (χ1n) is 9.85. The van der Waals surface area contributed by atoms with E-state index in [1.807, 2.05) is 59.2 Å². The molecule has 2 aromatic heterocycles. The average Bonchev–Trinajstić information content (AvgIpc) is 3.04. The average molecular weight is 415 g/mol. The molecule has 1 amide bonds. The van der Waals surface area contributed by atoms with Gasteiger partial charge < -0.3 is 20.1 Å². The van der Waals surface area contributed by atoms with Gasteiger partial charge in [0, 0.05) is 29.1 Å². The van der Waals surface area contributed by atoms with Crippen molar-refractivity contribution in [3.63, 3.8) is 0 Å². The first kappa shape index (κ1) is 20.2. The van der Waals surface area contributed by atoms with E-state index < -0.39 is 5.97 Å². The monoisotopic (exact) mass is 415 g/mol. The number of carbonyl (C=O) groups is 2. The van der Waals surface area contributed by atoms with E-state index in [0.717, 1.165) is 22.0 Å². The summed E-state index contributed by atoms with van der Waals surface area (Å²) in [5.74, 6) is -0.842. The van der Waals surface area contributed by atoms with E-state index in [2.05, 4.69) is 10.3 Å². The third kappa shape index (κ3) is 4.40. The zero-order chi connectivity index (χ0) is 21.8. The number of nitrogens with zero attached hydrogens (tertiary/aromatic N) is 2. The molecule has 7 nitrogen and oxygen atoms in total. The molecule has 0 saturated heterocycles. The molecule has 0 aliphatic rings. The molecule has 0 unspecified atom stereocenters. The van der Waals surface area contributed by atoms with Crippen LogP contribution >= 0.6 is 0 Å². The standard InChI is InChI=1S/C24H21N3O4/c28-22(26-21-12-10-17(14-25-21)24(30)31)13-11-20-18-8-4-5-9-19(18)23(29)27(20)15-16-6-2-1-3-7-16/h1-10,12,14,29H,11,13,15H2,(H,30,31)(H,25,26,28). The summed E-state index contributed by atoms with van der Waals surface area (Å²) in [5, 5.41) is 24.1.